The van der Waals surface area contributed by atoms with E-state index in [9.17, 15) is 4.79 Å². The first-order valence-electron chi connectivity index (χ1n) is 5.31. The standard InChI is InChI=1S/C12H14N2O3/c1-12(2,14-10(15)8-17-14)11(13-16)9-6-4-3-5-7-9/h3-7,16H,8H2,1-2H3/b13-11+. The largest absolute Gasteiger partial charge is 0.411 e. The van der Waals surface area contributed by atoms with Gasteiger partial charge in [-0.1, -0.05) is 35.5 Å². The Hall–Kier alpha value is -1.88. The van der Waals surface area contributed by atoms with Crippen LogP contribution in [0.1, 0.15) is 19.4 Å². The van der Waals surface area contributed by atoms with Crippen LogP contribution in [0, 0.1) is 0 Å². The van der Waals surface area contributed by atoms with Crippen LogP contribution in [0.25, 0.3) is 0 Å². The third-order valence-electron chi connectivity index (χ3n) is 2.78. The first-order chi connectivity index (χ1) is 8.07. The summed E-state index contributed by atoms with van der Waals surface area (Å²) >= 11 is 0. The van der Waals surface area contributed by atoms with Gasteiger partial charge in [-0.3, -0.25) is 9.63 Å². The topological polar surface area (TPSA) is 62.1 Å². The van der Waals surface area contributed by atoms with Gasteiger partial charge in [0.1, 0.15) is 11.3 Å². The summed E-state index contributed by atoms with van der Waals surface area (Å²) in [4.78, 5) is 16.5. The van der Waals surface area contributed by atoms with E-state index in [1.807, 2.05) is 30.3 Å². The summed E-state index contributed by atoms with van der Waals surface area (Å²) in [5.74, 6) is -0.118. The Morgan fingerprint density at radius 2 is 2.06 bits per heavy atom. The molecule has 0 bridgehead atoms. The number of benzene rings is 1. The zero-order valence-corrected chi connectivity index (χ0v) is 9.75. The summed E-state index contributed by atoms with van der Waals surface area (Å²) in [7, 11) is 0. The molecule has 1 heterocycles. The van der Waals surface area contributed by atoms with E-state index in [0.717, 1.165) is 5.56 Å². The van der Waals surface area contributed by atoms with Crippen LogP contribution in [0.5, 0.6) is 0 Å². The first kappa shape index (κ1) is 11.6. The summed E-state index contributed by atoms with van der Waals surface area (Å²) in [6, 6.07) is 9.20. The lowest BCUT2D eigenvalue weighted by atomic mass is 9.91. The second-order valence-electron chi connectivity index (χ2n) is 4.34. The number of oxime groups is 1. The van der Waals surface area contributed by atoms with Crippen molar-refractivity contribution in [2.45, 2.75) is 19.4 Å². The zero-order valence-electron chi connectivity index (χ0n) is 9.75. The second-order valence-corrected chi connectivity index (χ2v) is 4.34. The molecule has 1 amide bonds. The van der Waals surface area contributed by atoms with Gasteiger partial charge in [-0.2, -0.15) is 0 Å². The van der Waals surface area contributed by atoms with Crippen molar-refractivity contribution in [3.63, 3.8) is 0 Å². The Morgan fingerprint density at radius 1 is 1.41 bits per heavy atom. The molecule has 1 fully saturated rings. The average molecular weight is 234 g/mol. The molecule has 1 aliphatic heterocycles. The number of carbonyl (C=O) groups excluding carboxylic acids is 1. The van der Waals surface area contributed by atoms with Crippen molar-refractivity contribution in [3.05, 3.63) is 35.9 Å². The quantitative estimate of drug-likeness (QED) is 0.488. The molecule has 1 aliphatic rings. The Labute approximate surface area is 99.2 Å². The van der Waals surface area contributed by atoms with Gasteiger partial charge in [0.25, 0.3) is 5.91 Å². The molecule has 5 heteroatoms. The molecule has 1 N–H and O–H groups in total. The highest BCUT2D eigenvalue weighted by Crippen LogP contribution is 2.26. The van der Waals surface area contributed by atoms with Gasteiger partial charge in [0, 0.05) is 5.56 Å². The molecule has 17 heavy (non-hydrogen) atoms. The molecule has 90 valence electrons. The summed E-state index contributed by atoms with van der Waals surface area (Å²) < 4.78 is 0. The predicted molar refractivity (Wildman–Crippen MR) is 61.6 cm³/mol. The summed E-state index contributed by atoms with van der Waals surface area (Å²) in [6.45, 7) is 3.62. The highest BCUT2D eigenvalue weighted by molar-refractivity contribution is 6.08. The Balaban J connectivity index is 2.34. The molecule has 1 aromatic carbocycles. The predicted octanol–water partition coefficient (Wildman–Crippen LogP) is 1.42. The van der Waals surface area contributed by atoms with Crippen LogP contribution < -0.4 is 0 Å². The highest BCUT2D eigenvalue weighted by Gasteiger charge is 2.43. The summed E-state index contributed by atoms with van der Waals surface area (Å²) in [5, 5.41) is 13.7. The van der Waals surface area contributed by atoms with Gasteiger partial charge in [0.2, 0.25) is 0 Å². The van der Waals surface area contributed by atoms with Crippen molar-refractivity contribution < 1.29 is 14.8 Å². The monoisotopic (exact) mass is 234 g/mol. The molecule has 1 saturated heterocycles. The van der Waals surface area contributed by atoms with Crippen LogP contribution in [0.3, 0.4) is 0 Å². The first-order valence-corrected chi connectivity index (χ1v) is 5.31. The van der Waals surface area contributed by atoms with Crippen LogP contribution in [0.4, 0.5) is 0 Å². The average Bonchev–Trinajstić information content (AvgIpc) is 2.28. The van der Waals surface area contributed by atoms with Crippen molar-refractivity contribution in [1.29, 1.82) is 0 Å². The molecular formula is C12H14N2O3. The van der Waals surface area contributed by atoms with E-state index in [1.54, 1.807) is 13.8 Å². The number of carbonyl (C=O) groups is 1. The summed E-state index contributed by atoms with van der Waals surface area (Å²) in [6.07, 6.45) is 0. The molecule has 0 radical (unpaired) electrons. The molecule has 5 nitrogen and oxygen atoms in total. The van der Waals surface area contributed by atoms with E-state index >= 15 is 0 Å². The SMILES string of the molecule is CC(C)(/C(=N/O)c1ccccc1)N1OCC1=O. The van der Waals surface area contributed by atoms with E-state index in [-0.39, 0.29) is 12.5 Å². The molecule has 0 spiro atoms. The second kappa shape index (κ2) is 4.18. The van der Waals surface area contributed by atoms with Crippen LogP contribution in [0.15, 0.2) is 35.5 Å². The molecule has 0 unspecified atom stereocenters. The lowest BCUT2D eigenvalue weighted by Crippen LogP contribution is -2.60. The van der Waals surface area contributed by atoms with Gasteiger partial charge in [0.05, 0.1) is 0 Å². The van der Waals surface area contributed by atoms with Crippen LogP contribution in [0.2, 0.25) is 0 Å². The van der Waals surface area contributed by atoms with E-state index in [1.165, 1.54) is 5.06 Å². The minimum Gasteiger partial charge on any atom is -0.411 e. The third kappa shape index (κ3) is 1.89. The van der Waals surface area contributed by atoms with E-state index < -0.39 is 5.54 Å². The minimum absolute atomic E-state index is 0.0803. The smallest absolute Gasteiger partial charge is 0.275 e. The minimum atomic E-state index is -0.800. The normalized spacial score (nSPS) is 16.9. The summed E-state index contributed by atoms with van der Waals surface area (Å²) in [5.41, 5.74) is 0.347. The van der Waals surface area contributed by atoms with Crippen LogP contribution in [-0.2, 0) is 9.63 Å². The lowest BCUT2D eigenvalue weighted by molar-refractivity contribution is -0.255. The van der Waals surface area contributed by atoms with Gasteiger partial charge in [0.15, 0.2) is 6.61 Å². The van der Waals surface area contributed by atoms with Crippen LogP contribution >= 0.6 is 0 Å². The van der Waals surface area contributed by atoms with Crippen molar-refractivity contribution in [3.8, 4) is 0 Å². The van der Waals surface area contributed by atoms with Gasteiger partial charge >= 0.3 is 0 Å². The number of amides is 1. The number of hydrogen-bond acceptors (Lipinski definition) is 4. The maximum absolute atomic E-state index is 11.4. The van der Waals surface area contributed by atoms with Gasteiger partial charge < -0.3 is 5.21 Å². The molecule has 1 aromatic rings. The maximum atomic E-state index is 11.4. The van der Waals surface area contributed by atoms with E-state index in [2.05, 4.69) is 5.16 Å². The Morgan fingerprint density at radius 3 is 2.47 bits per heavy atom. The van der Waals surface area contributed by atoms with Crippen LogP contribution in [-0.4, -0.2) is 34.0 Å². The Bertz CT molecular complexity index is 454. The number of nitrogens with zero attached hydrogens (tertiary/aromatic N) is 2. The zero-order chi connectivity index (χ0) is 12.5. The molecule has 0 aromatic heterocycles. The van der Waals surface area contributed by atoms with Gasteiger partial charge in [-0.15, -0.1) is 0 Å². The lowest BCUT2D eigenvalue weighted by Gasteiger charge is -2.42. The fraction of sp³-hybridized carbons (Fsp3) is 0.333. The fourth-order valence-corrected chi connectivity index (χ4v) is 1.88. The molecular weight excluding hydrogens is 220 g/mol. The van der Waals surface area contributed by atoms with Crippen molar-refractivity contribution in [2.24, 2.45) is 5.16 Å². The fourth-order valence-electron chi connectivity index (χ4n) is 1.88. The molecule has 0 saturated carbocycles. The van der Waals surface area contributed by atoms with Gasteiger partial charge in [-0.25, -0.2) is 5.06 Å². The van der Waals surface area contributed by atoms with E-state index in [4.69, 9.17) is 10.0 Å². The van der Waals surface area contributed by atoms with Crippen molar-refractivity contribution >= 4 is 11.6 Å². The van der Waals surface area contributed by atoms with E-state index in [0.29, 0.717) is 5.71 Å². The molecule has 2 rings (SSSR count). The van der Waals surface area contributed by atoms with Gasteiger partial charge in [-0.05, 0) is 13.8 Å². The van der Waals surface area contributed by atoms with Crippen molar-refractivity contribution in [2.75, 3.05) is 6.61 Å². The molecule has 0 atom stereocenters. The van der Waals surface area contributed by atoms with Crippen molar-refractivity contribution in [1.82, 2.24) is 5.06 Å². The Kier molecular flexibility index (Phi) is 2.85. The third-order valence-corrected chi connectivity index (χ3v) is 2.78. The molecule has 0 aliphatic carbocycles. The maximum Gasteiger partial charge on any atom is 0.275 e. The number of hydrogen-bond donors (Lipinski definition) is 1. The number of rotatable bonds is 3. The highest BCUT2D eigenvalue weighted by atomic mass is 16.7. The number of hydroxylamine groups is 2.